The van der Waals surface area contributed by atoms with E-state index in [2.05, 4.69) is 0 Å². The van der Waals surface area contributed by atoms with Gasteiger partial charge in [-0.05, 0) is 18.4 Å². The van der Waals surface area contributed by atoms with E-state index in [1.54, 1.807) is 17.5 Å². The fourth-order valence-electron chi connectivity index (χ4n) is 1.58. The molecule has 2 N–H and O–H groups in total. The summed E-state index contributed by atoms with van der Waals surface area (Å²) in [4.78, 5) is 12.5. The van der Waals surface area contributed by atoms with Crippen molar-refractivity contribution in [1.82, 2.24) is 4.72 Å². The molecule has 0 saturated carbocycles. The summed E-state index contributed by atoms with van der Waals surface area (Å²) < 4.78 is 29.5. The minimum atomic E-state index is -3.62. The Balaban J connectivity index is 2.37. The lowest BCUT2D eigenvalue weighted by molar-refractivity contribution is -0.131. The Morgan fingerprint density at radius 1 is 1.50 bits per heavy atom. The summed E-state index contributed by atoms with van der Waals surface area (Å²) in [6.07, 6.45) is 0.905. The third-order valence-corrected chi connectivity index (χ3v) is 4.07. The number of hydrogen-bond acceptors (Lipinski definition) is 6. The van der Waals surface area contributed by atoms with E-state index in [9.17, 15) is 18.3 Å². The Kier molecular flexibility index (Phi) is 2.86. The second-order valence-corrected chi connectivity index (χ2v) is 6.69. The summed E-state index contributed by atoms with van der Waals surface area (Å²) in [7, 11) is -3.62. The first-order valence-electron chi connectivity index (χ1n) is 4.93. The highest BCUT2D eigenvalue weighted by Gasteiger charge is 2.49. The predicted molar refractivity (Wildman–Crippen MR) is 65.4 cm³/mol. The molecular formula is C10H11NO5S2. The summed E-state index contributed by atoms with van der Waals surface area (Å²) in [5.41, 5.74) is -1.38. The van der Waals surface area contributed by atoms with Gasteiger partial charge >= 0.3 is 0 Å². The van der Waals surface area contributed by atoms with Gasteiger partial charge in [-0.2, -0.15) is 0 Å². The minimum absolute atomic E-state index is 0.432. The molecular weight excluding hydrogens is 278 g/mol. The van der Waals surface area contributed by atoms with Crippen molar-refractivity contribution >= 4 is 27.1 Å². The lowest BCUT2D eigenvalue weighted by atomic mass is 9.99. The van der Waals surface area contributed by atoms with E-state index in [1.807, 2.05) is 4.72 Å². The molecule has 0 aliphatic carbocycles. The Morgan fingerprint density at radius 3 is 2.67 bits per heavy atom. The molecule has 2 rings (SSSR count). The highest BCUT2D eigenvalue weighted by atomic mass is 32.2. The molecule has 0 radical (unpaired) electrons. The molecule has 0 fully saturated rings. The Labute approximate surface area is 108 Å². The lowest BCUT2D eigenvalue weighted by Crippen LogP contribution is -2.31. The number of Topliss-reactive ketones (excluding diaryl/α,β-unsaturated/α-hetero) is 1. The first-order valence-corrected chi connectivity index (χ1v) is 7.70. The summed E-state index contributed by atoms with van der Waals surface area (Å²) in [6, 6.07) is 3.42. The van der Waals surface area contributed by atoms with E-state index in [0.29, 0.717) is 4.88 Å². The second-order valence-electron chi connectivity index (χ2n) is 3.99. The van der Waals surface area contributed by atoms with Gasteiger partial charge in [-0.25, -0.2) is 8.42 Å². The van der Waals surface area contributed by atoms with Gasteiger partial charge in [0, 0.05) is 0 Å². The Morgan fingerprint density at radius 2 is 2.17 bits per heavy atom. The second kappa shape index (κ2) is 3.99. The molecule has 0 spiro atoms. The standard InChI is InChI=1S/C10H11NO5S2/c1-10(6-4-3-5-17-6)8(13)7(12)9(16-10)11-18(2,14)15/h3-5,11-12H,1-2H3. The van der Waals surface area contributed by atoms with Crippen molar-refractivity contribution in [3.63, 3.8) is 0 Å². The molecule has 2 heterocycles. The topological polar surface area (TPSA) is 92.7 Å². The van der Waals surface area contributed by atoms with Crippen molar-refractivity contribution in [3.05, 3.63) is 34.0 Å². The van der Waals surface area contributed by atoms with E-state index < -0.39 is 33.0 Å². The van der Waals surface area contributed by atoms with Crippen molar-refractivity contribution in [3.8, 4) is 0 Å². The molecule has 1 aliphatic heterocycles. The number of carbonyl (C=O) groups is 1. The van der Waals surface area contributed by atoms with Crippen LogP contribution in [0.2, 0.25) is 0 Å². The number of sulfonamides is 1. The Bertz CT molecular complexity index is 617. The molecule has 0 amide bonds. The van der Waals surface area contributed by atoms with Gasteiger partial charge in [0.2, 0.25) is 27.3 Å². The summed E-state index contributed by atoms with van der Waals surface area (Å²) >= 11 is 1.28. The normalized spacial score (nSPS) is 24.2. The highest BCUT2D eigenvalue weighted by molar-refractivity contribution is 7.88. The van der Waals surface area contributed by atoms with Crippen LogP contribution in [-0.2, 0) is 25.2 Å². The number of ketones is 1. The van der Waals surface area contributed by atoms with Gasteiger partial charge in [0.05, 0.1) is 11.1 Å². The summed E-state index contributed by atoms with van der Waals surface area (Å²) in [5, 5.41) is 11.4. The van der Waals surface area contributed by atoms with Crippen LogP contribution in [0.4, 0.5) is 0 Å². The maximum absolute atomic E-state index is 12.0. The van der Waals surface area contributed by atoms with Crippen molar-refractivity contribution in [2.24, 2.45) is 0 Å². The molecule has 1 atom stereocenters. The molecule has 1 aromatic rings. The van der Waals surface area contributed by atoms with Crippen LogP contribution in [0.15, 0.2) is 29.2 Å². The molecule has 1 aromatic heterocycles. The zero-order valence-electron chi connectivity index (χ0n) is 9.63. The molecule has 6 nitrogen and oxygen atoms in total. The number of aliphatic hydroxyl groups is 1. The maximum Gasteiger partial charge on any atom is 0.251 e. The van der Waals surface area contributed by atoms with Gasteiger partial charge < -0.3 is 9.84 Å². The van der Waals surface area contributed by atoms with Crippen molar-refractivity contribution in [2.45, 2.75) is 12.5 Å². The average molecular weight is 289 g/mol. The van der Waals surface area contributed by atoms with Crippen LogP contribution >= 0.6 is 11.3 Å². The Hall–Kier alpha value is -1.54. The molecule has 98 valence electrons. The van der Waals surface area contributed by atoms with E-state index in [4.69, 9.17) is 4.74 Å². The molecule has 1 unspecified atom stereocenters. The van der Waals surface area contributed by atoms with Crippen LogP contribution in [0.3, 0.4) is 0 Å². The van der Waals surface area contributed by atoms with Crippen LogP contribution < -0.4 is 4.72 Å². The predicted octanol–water partition coefficient (Wildman–Crippen LogP) is 0.839. The lowest BCUT2D eigenvalue weighted by Gasteiger charge is -2.21. The molecule has 0 bridgehead atoms. The maximum atomic E-state index is 12.0. The number of hydrogen-bond donors (Lipinski definition) is 2. The van der Waals surface area contributed by atoms with Crippen LogP contribution in [0.1, 0.15) is 11.8 Å². The largest absolute Gasteiger partial charge is 0.501 e. The third kappa shape index (κ3) is 2.08. The highest BCUT2D eigenvalue weighted by Crippen LogP contribution is 2.39. The van der Waals surface area contributed by atoms with Crippen LogP contribution in [-0.4, -0.2) is 25.6 Å². The fourth-order valence-corrected chi connectivity index (χ4v) is 2.87. The number of ether oxygens (including phenoxy) is 1. The van der Waals surface area contributed by atoms with E-state index in [0.717, 1.165) is 6.26 Å². The van der Waals surface area contributed by atoms with Gasteiger partial charge in [0.25, 0.3) is 5.78 Å². The van der Waals surface area contributed by atoms with Crippen molar-refractivity contribution < 1.29 is 23.1 Å². The number of nitrogens with one attached hydrogen (secondary N) is 1. The summed E-state index contributed by atoms with van der Waals surface area (Å²) in [6.45, 7) is 1.48. The zero-order valence-corrected chi connectivity index (χ0v) is 11.3. The van der Waals surface area contributed by atoms with Gasteiger partial charge in [-0.3, -0.25) is 9.52 Å². The van der Waals surface area contributed by atoms with Gasteiger partial charge in [0.1, 0.15) is 0 Å². The SMILES string of the molecule is CC1(c2cccs2)OC(NS(C)(=O)=O)=C(O)C1=O. The van der Waals surface area contributed by atoms with E-state index >= 15 is 0 Å². The monoisotopic (exact) mass is 289 g/mol. The van der Waals surface area contributed by atoms with Gasteiger partial charge in [-0.1, -0.05) is 6.07 Å². The fraction of sp³-hybridized carbons (Fsp3) is 0.300. The van der Waals surface area contributed by atoms with Crippen LogP contribution in [0.5, 0.6) is 0 Å². The number of rotatable bonds is 3. The van der Waals surface area contributed by atoms with Crippen molar-refractivity contribution in [1.29, 1.82) is 0 Å². The van der Waals surface area contributed by atoms with Crippen LogP contribution in [0.25, 0.3) is 0 Å². The molecule has 0 saturated heterocycles. The first kappa shape index (κ1) is 12.9. The van der Waals surface area contributed by atoms with Gasteiger partial charge in [0.15, 0.2) is 0 Å². The third-order valence-electron chi connectivity index (χ3n) is 2.44. The number of aliphatic hydroxyl groups excluding tert-OH is 1. The van der Waals surface area contributed by atoms with E-state index in [-0.39, 0.29) is 0 Å². The number of thiophene rings is 1. The number of carbonyl (C=O) groups excluding carboxylic acids is 1. The van der Waals surface area contributed by atoms with E-state index in [1.165, 1.54) is 18.3 Å². The molecule has 18 heavy (non-hydrogen) atoms. The molecule has 8 heteroatoms. The van der Waals surface area contributed by atoms with Crippen molar-refractivity contribution in [2.75, 3.05) is 6.26 Å². The minimum Gasteiger partial charge on any atom is -0.501 e. The molecule has 1 aliphatic rings. The first-order chi connectivity index (χ1) is 8.24. The summed E-state index contributed by atoms with van der Waals surface area (Å²) in [5.74, 6) is -1.81. The van der Waals surface area contributed by atoms with Crippen LogP contribution in [0, 0.1) is 0 Å². The van der Waals surface area contributed by atoms with Gasteiger partial charge in [-0.15, -0.1) is 11.3 Å². The quantitative estimate of drug-likeness (QED) is 0.860. The average Bonchev–Trinajstić information content (AvgIpc) is 2.83. The zero-order chi connectivity index (χ0) is 13.6. The smallest absolute Gasteiger partial charge is 0.251 e. The molecule has 0 aromatic carbocycles.